The zero-order valence-electron chi connectivity index (χ0n) is 17.4. The fourth-order valence-corrected chi connectivity index (χ4v) is 4.59. The van der Waals surface area contributed by atoms with Crippen molar-refractivity contribution < 1.29 is 4.79 Å². The first kappa shape index (κ1) is 19.9. The molecule has 6 nitrogen and oxygen atoms in total. The molecule has 1 aromatic carbocycles. The van der Waals surface area contributed by atoms with Crippen LogP contribution in [0, 0.1) is 18.8 Å². The van der Waals surface area contributed by atoms with Crippen LogP contribution in [0.4, 0.5) is 5.13 Å². The largest absolute Gasteiger partial charge is 0.356 e. The number of piperidine rings is 1. The SMILES string of the molecule is Cc1ccc(-c2cn3nc(N4CCC[C@@H](C(=O)NCCC(C)C)C4)sc3n2)cc1. The van der Waals surface area contributed by atoms with Gasteiger partial charge in [-0.2, -0.15) is 0 Å². The summed E-state index contributed by atoms with van der Waals surface area (Å²) in [5, 5.41) is 8.80. The molecule has 3 aromatic rings. The van der Waals surface area contributed by atoms with Gasteiger partial charge in [-0.25, -0.2) is 9.50 Å². The molecule has 1 aliphatic rings. The summed E-state index contributed by atoms with van der Waals surface area (Å²) in [4.78, 5) is 20.4. The smallest absolute Gasteiger partial charge is 0.224 e. The number of benzene rings is 1. The lowest BCUT2D eigenvalue weighted by Crippen LogP contribution is -2.43. The summed E-state index contributed by atoms with van der Waals surface area (Å²) in [6, 6.07) is 8.38. The molecular formula is C22H29N5OS. The van der Waals surface area contributed by atoms with Crippen LogP contribution >= 0.6 is 11.3 Å². The highest BCUT2D eigenvalue weighted by Gasteiger charge is 2.27. The number of imidazole rings is 1. The van der Waals surface area contributed by atoms with E-state index in [0.717, 1.165) is 60.2 Å². The molecule has 29 heavy (non-hydrogen) atoms. The number of nitrogens with zero attached hydrogens (tertiary/aromatic N) is 4. The standard InChI is InChI=1S/C22H29N5OS/c1-15(2)10-11-23-20(28)18-5-4-12-26(13-18)22-25-27-14-19(24-21(27)29-22)17-8-6-16(3)7-9-17/h6-9,14-15,18H,4-5,10-13H2,1-3H3,(H,23,28)/t18-/m1/s1. The molecule has 0 radical (unpaired) electrons. The number of carbonyl (C=O) groups excluding carboxylic acids is 1. The summed E-state index contributed by atoms with van der Waals surface area (Å²) >= 11 is 1.59. The van der Waals surface area contributed by atoms with Crippen molar-refractivity contribution in [2.45, 2.75) is 40.0 Å². The molecule has 1 N–H and O–H groups in total. The van der Waals surface area contributed by atoms with E-state index in [1.165, 1.54) is 5.56 Å². The fraction of sp³-hybridized carbons (Fsp3) is 0.500. The van der Waals surface area contributed by atoms with Gasteiger partial charge in [-0.1, -0.05) is 55.0 Å². The molecular weight excluding hydrogens is 382 g/mol. The highest BCUT2D eigenvalue weighted by Crippen LogP contribution is 2.29. The number of aryl methyl sites for hydroxylation is 1. The Kier molecular flexibility index (Phi) is 5.85. The summed E-state index contributed by atoms with van der Waals surface area (Å²) in [6.07, 6.45) is 4.97. The first-order valence-electron chi connectivity index (χ1n) is 10.5. The summed E-state index contributed by atoms with van der Waals surface area (Å²) in [6.45, 7) is 8.88. The van der Waals surface area contributed by atoms with Gasteiger partial charge in [0, 0.05) is 25.2 Å². The number of amides is 1. The zero-order valence-corrected chi connectivity index (χ0v) is 18.2. The maximum atomic E-state index is 12.5. The van der Waals surface area contributed by atoms with E-state index in [-0.39, 0.29) is 11.8 Å². The van der Waals surface area contributed by atoms with Crippen molar-refractivity contribution in [1.82, 2.24) is 19.9 Å². The van der Waals surface area contributed by atoms with E-state index in [1.54, 1.807) is 11.3 Å². The molecule has 3 heterocycles. The van der Waals surface area contributed by atoms with Gasteiger partial charge >= 0.3 is 0 Å². The molecule has 1 aliphatic heterocycles. The number of aromatic nitrogens is 3. The minimum atomic E-state index is 0.0373. The molecule has 1 fully saturated rings. The molecule has 0 unspecified atom stereocenters. The van der Waals surface area contributed by atoms with E-state index >= 15 is 0 Å². The molecule has 2 aromatic heterocycles. The van der Waals surface area contributed by atoms with E-state index in [2.05, 4.69) is 55.3 Å². The van der Waals surface area contributed by atoms with Gasteiger partial charge in [0.2, 0.25) is 16.0 Å². The second-order valence-electron chi connectivity index (χ2n) is 8.36. The van der Waals surface area contributed by atoms with Gasteiger partial charge in [0.15, 0.2) is 0 Å². The minimum Gasteiger partial charge on any atom is -0.356 e. The van der Waals surface area contributed by atoms with Crippen molar-refractivity contribution in [2.75, 3.05) is 24.5 Å². The van der Waals surface area contributed by atoms with Crippen LogP contribution in [0.5, 0.6) is 0 Å². The number of nitrogens with one attached hydrogen (secondary N) is 1. The first-order valence-corrected chi connectivity index (χ1v) is 11.3. The maximum absolute atomic E-state index is 12.5. The second kappa shape index (κ2) is 8.53. The Balaban J connectivity index is 1.43. The lowest BCUT2D eigenvalue weighted by molar-refractivity contribution is -0.125. The van der Waals surface area contributed by atoms with E-state index in [9.17, 15) is 4.79 Å². The Labute approximate surface area is 175 Å². The zero-order chi connectivity index (χ0) is 20.4. The van der Waals surface area contributed by atoms with Crippen LogP contribution in [0.15, 0.2) is 30.5 Å². The predicted octanol–water partition coefficient (Wildman–Crippen LogP) is 4.14. The molecule has 4 rings (SSSR count). The van der Waals surface area contributed by atoms with Crippen molar-refractivity contribution in [2.24, 2.45) is 11.8 Å². The van der Waals surface area contributed by atoms with E-state index in [1.807, 2.05) is 10.7 Å². The summed E-state index contributed by atoms with van der Waals surface area (Å²) in [7, 11) is 0. The molecule has 154 valence electrons. The van der Waals surface area contributed by atoms with Crippen LogP contribution in [0.3, 0.4) is 0 Å². The number of fused-ring (bicyclic) bond motifs is 1. The number of carbonyl (C=O) groups is 1. The second-order valence-corrected chi connectivity index (χ2v) is 9.30. The van der Waals surface area contributed by atoms with Gasteiger partial charge in [-0.15, -0.1) is 5.10 Å². The lowest BCUT2D eigenvalue weighted by Gasteiger charge is -2.31. The molecule has 1 saturated heterocycles. The third-order valence-electron chi connectivity index (χ3n) is 5.46. The number of anilines is 1. The molecule has 7 heteroatoms. The molecule has 0 spiro atoms. The Morgan fingerprint density at radius 2 is 2.10 bits per heavy atom. The van der Waals surface area contributed by atoms with Crippen LogP contribution in [-0.4, -0.2) is 40.1 Å². The van der Waals surface area contributed by atoms with Crippen molar-refractivity contribution in [3.05, 3.63) is 36.0 Å². The molecule has 1 atom stereocenters. The highest BCUT2D eigenvalue weighted by molar-refractivity contribution is 7.20. The normalized spacial score (nSPS) is 17.2. The van der Waals surface area contributed by atoms with Crippen molar-refractivity contribution in [3.8, 4) is 11.3 Å². The van der Waals surface area contributed by atoms with Gasteiger partial charge < -0.3 is 10.2 Å². The number of hydrogen-bond acceptors (Lipinski definition) is 5. The van der Waals surface area contributed by atoms with Crippen molar-refractivity contribution >= 4 is 27.3 Å². The lowest BCUT2D eigenvalue weighted by atomic mass is 9.97. The van der Waals surface area contributed by atoms with Crippen LogP contribution in [-0.2, 0) is 4.79 Å². The van der Waals surface area contributed by atoms with Gasteiger partial charge in [-0.05, 0) is 32.1 Å². The van der Waals surface area contributed by atoms with Crippen LogP contribution in [0.2, 0.25) is 0 Å². The van der Waals surface area contributed by atoms with Gasteiger partial charge in [0.05, 0.1) is 17.8 Å². The monoisotopic (exact) mass is 411 g/mol. The predicted molar refractivity (Wildman–Crippen MR) is 118 cm³/mol. The highest BCUT2D eigenvalue weighted by atomic mass is 32.1. The first-order chi connectivity index (χ1) is 14.0. The van der Waals surface area contributed by atoms with Crippen LogP contribution in [0.1, 0.15) is 38.7 Å². The topological polar surface area (TPSA) is 62.5 Å². The van der Waals surface area contributed by atoms with Gasteiger partial charge in [-0.3, -0.25) is 4.79 Å². The third kappa shape index (κ3) is 4.61. The van der Waals surface area contributed by atoms with Crippen molar-refractivity contribution in [3.63, 3.8) is 0 Å². The molecule has 0 aliphatic carbocycles. The quantitative estimate of drug-likeness (QED) is 0.662. The summed E-state index contributed by atoms with van der Waals surface area (Å²) in [5.41, 5.74) is 3.28. The van der Waals surface area contributed by atoms with E-state index in [4.69, 9.17) is 10.1 Å². The Hall–Kier alpha value is -2.41. The number of hydrogen-bond donors (Lipinski definition) is 1. The summed E-state index contributed by atoms with van der Waals surface area (Å²) in [5.74, 6) is 0.822. The Morgan fingerprint density at radius 3 is 2.83 bits per heavy atom. The number of rotatable bonds is 6. The molecule has 0 bridgehead atoms. The average molecular weight is 412 g/mol. The average Bonchev–Trinajstić information content (AvgIpc) is 3.28. The minimum absolute atomic E-state index is 0.0373. The van der Waals surface area contributed by atoms with Gasteiger partial charge in [0.1, 0.15) is 0 Å². The van der Waals surface area contributed by atoms with Crippen LogP contribution in [0.25, 0.3) is 16.2 Å². The molecule has 0 saturated carbocycles. The van der Waals surface area contributed by atoms with E-state index in [0.29, 0.717) is 5.92 Å². The van der Waals surface area contributed by atoms with Crippen LogP contribution < -0.4 is 10.2 Å². The molecule has 1 amide bonds. The van der Waals surface area contributed by atoms with Gasteiger partial charge in [0.25, 0.3) is 0 Å². The van der Waals surface area contributed by atoms with Crippen molar-refractivity contribution in [1.29, 1.82) is 0 Å². The summed E-state index contributed by atoms with van der Waals surface area (Å²) < 4.78 is 1.86. The fourth-order valence-electron chi connectivity index (χ4n) is 3.67. The Morgan fingerprint density at radius 1 is 1.31 bits per heavy atom. The van der Waals surface area contributed by atoms with E-state index < -0.39 is 0 Å². The third-order valence-corrected chi connectivity index (χ3v) is 6.45. The maximum Gasteiger partial charge on any atom is 0.224 e. The Bertz CT molecular complexity index is 943.